The molecule has 2 N–H and O–H groups in total. The Morgan fingerprint density at radius 2 is 2.25 bits per heavy atom. The molecular weight excluding hydrogens is 102 g/mol. The molecule has 0 saturated heterocycles. The molecule has 46 valence electrons. The van der Waals surface area contributed by atoms with Crippen LogP contribution < -0.4 is 5.73 Å². The van der Waals surface area contributed by atoms with Crippen molar-refractivity contribution in [2.24, 2.45) is 11.7 Å². The second-order valence-electron chi connectivity index (χ2n) is 2.47. The van der Waals surface area contributed by atoms with E-state index >= 15 is 0 Å². The molecule has 1 aliphatic carbocycles. The van der Waals surface area contributed by atoms with E-state index in [9.17, 15) is 4.79 Å². The molecule has 2 atom stereocenters. The highest BCUT2D eigenvalue weighted by molar-refractivity contribution is 5.54. The summed E-state index contributed by atoms with van der Waals surface area (Å²) in [5.41, 5.74) is 5.54. The van der Waals surface area contributed by atoms with Gasteiger partial charge in [-0.2, -0.15) is 0 Å². The van der Waals surface area contributed by atoms with E-state index in [0.717, 1.165) is 25.5 Å². The first-order valence-electron chi connectivity index (χ1n) is 3.04. The lowest BCUT2D eigenvalue weighted by Crippen LogP contribution is -2.14. The second kappa shape index (κ2) is 2.27. The van der Waals surface area contributed by atoms with E-state index in [1.54, 1.807) is 0 Å². The second-order valence-corrected chi connectivity index (χ2v) is 2.47. The van der Waals surface area contributed by atoms with Crippen molar-refractivity contribution in [3.8, 4) is 0 Å². The molecule has 0 aromatic rings. The molecule has 0 heterocycles. The van der Waals surface area contributed by atoms with E-state index in [0.29, 0.717) is 6.04 Å². The SMILES string of the molecule is NC1CCC(C=O)C1. The van der Waals surface area contributed by atoms with Gasteiger partial charge in [0.05, 0.1) is 0 Å². The van der Waals surface area contributed by atoms with Gasteiger partial charge in [0.1, 0.15) is 6.29 Å². The largest absolute Gasteiger partial charge is 0.328 e. The van der Waals surface area contributed by atoms with Crippen molar-refractivity contribution in [3.63, 3.8) is 0 Å². The zero-order chi connectivity index (χ0) is 5.98. The molecule has 0 aliphatic heterocycles. The van der Waals surface area contributed by atoms with Crippen LogP contribution in [-0.2, 0) is 4.79 Å². The Bertz CT molecular complexity index is 92.5. The van der Waals surface area contributed by atoms with Crippen molar-refractivity contribution < 1.29 is 4.79 Å². The molecule has 8 heavy (non-hydrogen) atoms. The molecule has 1 saturated carbocycles. The molecular formula is C6H11NO. The summed E-state index contributed by atoms with van der Waals surface area (Å²) in [4.78, 5) is 10.1. The maximum absolute atomic E-state index is 10.1. The average molecular weight is 113 g/mol. The first kappa shape index (κ1) is 5.76. The third-order valence-corrected chi connectivity index (χ3v) is 1.71. The molecule has 2 heteroatoms. The first-order valence-corrected chi connectivity index (χ1v) is 3.04. The molecule has 0 radical (unpaired) electrons. The summed E-state index contributed by atoms with van der Waals surface area (Å²) in [6.07, 6.45) is 3.96. The van der Waals surface area contributed by atoms with Gasteiger partial charge in [-0.05, 0) is 19.3 Å². The van der Waals surface area contributed by atoms with Gasteiger partial charge in [-0.3, -0.25) is 0 Å². The lowest BCUT2D eigenvalue weighted by molar-refractivity contribution is -0.110. The molecule has 1 fully saturated rings. The Kier molecular flexibility index (Phi) is 1.63. The Morgan fingerprint density at radius 1 is 1.50 bits per heavy atom. The van der Waals surface area contributed by atoms with Crippen LogP contribution in [0.3, 0.4) is 0 Å². The van der Waals surface area contributed by atoms with Crippen LogP contribution in [0.4, 0.5) is 0 Å². The minimum atomic E-state index is 0.269. The van der Waals surface area contributed by atoms with Crippen LogP contribution >= 0.6 is 0 Å². The Morgan fingerprint density at radius 3 is 2.50 bits per heavy atom. The lowest BCUT2D eigenvalue weighted by Gasteiger charge is -1.96. The van der Waals surface area contributed by atoms with Crippen molar-refractivity contribution in [2.45, 2.75) is 25.3 Å². The number of carbonyl (C=O) groups excluding carboxylic acids is 1. The summed E-state index contributed by atoms with van der Waals surface area (Å²) >= 11 is 0. The van der Waals surface area contributed by atoms with E-state index in [-0.39, 0.29) is 5.92 Å². The van der Waals surface area contributed by atoms with Gasteiger partial charge in [0.2, 0.25) is 0 Å². The summed E-state index contributed by atoms with van der Waals surface area (Å²) in [5, 5.41) is 0. The molecule has 1 rings (SSSR count). The van der Waals surface area contributed by atoms with E-state index in [1.165, 1.54) is 0 Å². The number of hydrogen-bond donors (Lipinski definition) is 1. The monoisotopic (exact) mass is 113 g/mol. The molecule has 0 spiro atoms. The average Bonchev–Trinajstić information content (AvgIpc) is 2.14. The van der Waals surface area contributed by atoms with Crippen LogP contribution in [0, 0.1) is 5.92 Å². The van der Waals surface area contributed by atoms with Crippen LogP contribution in [0.25, 0.3) is 0 Å². The van der Waals surface area contributed by atoms with Gasteiger partial charge in [-0.1, -0.05) is 0 Å². The highest BCUT2D eigenvalue weighted by atomic mass is 16.1. The fraction of sp³-hybridized carbons (Fsp3) is 0.833. The fourth-order valence-electron chi connectivity index (χ4n) is 1.18. The topological polar surface area (TPSA) is 43.1 Å². The third-order valence-electron chi connectivity index (χ3n) is 1.71. The van der Waals surface area contributed by atoms with Gasteiger partial charge in [0.15, 0.2) is 0 Å². The van der Waals surface area contributed by atoms with E-state index in [4.69, 9.17) is 5.73 Å². The zero-order valence-electron chi connectivity index (χ0n) is 4.84. The van der Waals surface area contributed by atoms with E-state index in [2.05, 4.69) is 0 Å². The normalized spacial score (nSPS) is 37.6. The molecule has 0 bridgehead atoms. The Labute approximate surface area is 49.1 Å². The zero-order valence-corrected chi connectivity index (χ0v) is 4.84. The number of hydrogen-bond acceptors (Lipinski definition) is 2. The predicted molar refractivity (Wildman–Crippen MR) is 31.4 cm³/mol. The molecule has 2 nitrogen and oxygen atoms in total. The maximum Gasteiger partial charge on any atom is 0.123 e. The van der Waals surface area contributed by atoms with E-state index < -0.39 is 0 Å². The standard InChI is InChI=1S/C6H11NO/c7-6-2-1-5(3-6)4-8/h4-6H,1-3,7H2. The number of carbonyl (C=O) groups is 1. The highest BCUT2D eigenvalue weighted by Gasteiger charge is 2.20. The number of nitrogens with two attached hydrogens (primary N) is 1. The Balaban J connectivity index is 2.32. The summed E-state index contributed by atoms with van der Waals surface area (Å²) in [5.74, 6) is 0.269. The van der Waals surface area contributed by atoms with Crippen molar-refractivity contribution in [1.29, 1.82) is 0 Å². The number of rotatable bonds is 1. The van der Waals surface area contributed by atoms with Gasteiger partial charge >= 0.3 is 0 Å². The minimum Gasteiger partial charge on any atom is -0.328 e. The summed E-state index contributed by atoms with van der Waals surface area (Å²) in [6.45, 7) is 0. The maximum atomic E-state index is 10.1. The van der Waals surface area contributed by atoms with Crippen molar-refractivity contribution in [2.75, 3.05) is 0 Å². The summed E-state index contributed by atoms with van der Waals surface area (Å²) in [6, 6.07) is 0.296. The van der Waals surface area contributed by atoms with Gasteiger partial charge in [-0.15, -0.1) is 0 Å². The van der Waals surface area contributed by atoms with Gasteiger partial charge in [0, 0.05) is 12.0 Å². The van der Waals surface area contributed by atoms with Crippen LogP contribution in [0.1, 0.15) is 19.3 Å². The Hall–Kier alpha value is -0.370. The van der Waals surface area contributed by atoms with Crippen molar-refractivity contribution >= 4 is 6.29 Å². The van der Waals surface area contributed by atoms with Crippen molar-refractivity contribution in [3.05, 3.63) is 0 Å². The smallest absolute Gasteiger partial charge is 0.123 e. The highest BCUT2D eigenvalue weighted by Crippen LogP contribution is 2.21. The molecule has 0 aromatic carbocycles. The van der Waals surface area contributed by atoms with Crippen LogP contribution in [0.15, 0.2) is 0 Å². The third kappa shape index (κ3) is 1.07. The van der Waals surface area contributed by atoms with Crippen LogP contribution in [-0.4, -0.2) is 12.3 Å². The molecule has 1 aliphatic rings. The fourth-order valence-corrected chi connectivity index (χ4v) is 1.18. The minimum absolute atomic E-state index is 0.269. The predicted octanol–water partition coefficient (Wildman–Crippen LogP) is 0.313. The molecule has 0 aromatic heterocycles. The van der Waals surface area contributed by atoms with E-state index in [1.807, 2.05) is 0 Å². The first-order chi connectivity index (χ1) is 3.83. The van der Waals surface area contributed by atoms with Gasteiger partial charge < -0.3 is 10.5 Å². The van der Waals surface area contributed by atoms with Gasteiger partial charge in [-0.25, -0.2) is 0 Å². The summed E-state index contributed by atoms with van der Waals surface area (Å²) < 4.78 is 0. The quantitative estimate of drug-likeness (QED) is 0.497. The van der Waals surface area contributed by atoms with Crippen LogP contribution in [0.2, 0.25) is 0 Å². The lowest BCUT2D eigenvalue weighted by atomic mass is 10.1. The van der Waals surface area contributed by atoms with Gasteiger partial charge in [0.25, 0.3) is 0 Å². The molecule has 2 unspecified atom stereocenters. The molecule has 0 amide bonds. The summed E-state index contributed by atoms with van der Waals surface area (Å²) in [7, 11) is 0. The number of aldehydes is 1. The van der Waals surface area contributed by atoms with Crippen LogP contribution in [0.5, 0.6) is 0 Å². The van der Waals surface area contributed by atoms with Crippen molar-refractivity contribution in [1.82, 2.24) is 0 Å².